The maximum Gasteiger partial charge on any atom is 0.171 e. The van der Waals surface area contributed by atoms with Crippen molar-refractivity contribution in [2.75, 3.05) is 0 Å². The van der Waals surface area contributed by atoms with E-state index in [1.807, 2.05) is 146 Å². The van der Waals surface area contributed by atoms with Crippen LogP contribution >= 0.6 is 14.3 Å². The van der Waals surface area contributed by atoms with Crippen LogP contribution in [0.3, 0.4) is 0 Å². The van der Waals surface area contributed by atoms with Gasteiger partial charge in [-0.25, -0.2) is 0 Å². The van der Waals surface area contributed by atoms with Gasteiger partial charge in [0.2, 0.25) is 0 Å². The quantitative estimate of drug-likeness (QED) is 0.206. The first kappa shape index (κ1) is 26.7. The topological polar surface area (TPSA) is 43.4 Å². The van der Waals surface area contributed by atoms with Crippen LogP contribution in [-0.4, -0.2) is 6.10 Å². The normalized spacial score (nSPS) is 19.4. The van der Waals surface area contributed by atoms with Crippen LogP contribution in [0.4, 0.5) is 0 Å². The smallest absolute Gasteiger partial charge is 0.171 e. The molecule has 5 aromatic carbocycles. The Morgan fingerprint density at radius 2 is 1.02 bits per heavy atom. The van der Waals surface area contributed by atoms with E-state index in [0.717, 1.165) is 43.1 Å². The number of ether oxygens (including phenoxy) is 1. The molecule has 0 spiro atoms. The molecule has 0 aromatic heterocycles. The molecule has 42 heavy (non-hydrogen) atoms. The largest absolute Gasteiger partial charge is 0.485 e. The lowest BCUT2D eigenvalue weighted by Gasteiger charge is -2.32. The molecule has 0 saturated carbocycles. The summed E-state index contributed by atoms with van der Waals surface area (Å²) in [7, 11) is -6.36. The molecule has 2 aliphatic rings. The number of hydrogen-bond acceptors (Lipinski definition) is 3. The lowest BCUT2D eigenvalue weighted by atomic mass is 9.77. The molecule has 0 saturated heterocycles. The van der Waals surface area contributed by atoms with Crippen molar-refractivity contribution in [3.8, 4) is 5.75 Å². The summed E-state index contributed by atoms with van der Waals surface area (Å²) in [5.41, 5.74) is 0.346. The second-order valence-corrected chi connectivity index (χ2v) is 16.5. The van der Waals surface area contributed by atoms with Crippen LogP contribution in [0.2, 0.25) is 0 Å². The Kier molecular flexibility index (Phi) is 6.54. The predicted molar refractivity (Wildman–Crippen MR) is 175 cm³/mol. The van der Waals surface area contributed by atoms with Gasteiger partial charge in [0.25, 0.3) is 0 Å². The minimum Gasteiger partial charge on any atom is -0.485 e. The lowest BCUT2D eigenvalue weighted by Crippen LogP contribution is -2.35. The SMILES string of the molecule is CC12C=C(P(=O)(c3ccccc3)c3ccccc3)C=CC1Oc1ccc(P(=O)(c3ccccc3)c3ccccc3)cc12. The van der Waals surface area contributed by atoms with Gasteiger partial charge in [-0.1, -0.05) is 133 Å². The van der Waals surface area contributed by atoms with Crippen LogP contribution in [0.25, 0.3) is 0 Å². The second kappa shape index (κ2) is 10.3. The molecule has 1 aliphatic heterocycles. The first-order valence-corrected chi connectivity index (χ1v) is 17.5. The van der Waals surface area contributed by atoms with Crippen LogP contribution in [0.1, 0.15) is 12.5 Å². The minimum atomic E-state index is -3.18. The number of allylic oxidation sites excluding steroid dienone is 2. The molecule has 5 aromatic rings. The summed E-state index contributed by atoms with van der Waals surface area (Å²) in [5.74, 6) is 0.760. The van der Waals surface area contributed by atoms with Gasteiger partial charge in [0, 0.05) is 37.4 Å². The highest BCUT2D eigenvalue weighted by Crippen LogP contribution is 2.58. The third kappa shape index (κ3) is 4.11. The van der Waals surface area contributed by atoms with E-state index in [-0.39, 0.29) is 6.10 Å². The molecule has 0 amide bonds. The maximum atomic E-state index is 15.2. The predicted octanol–water partition coefficient (Wildman–Crippen LogP) is 6.81. The zero-order valence-corrected chi connectivity index (χ0v) is 25.0. The summed E-state index contributed by atoms with van der Waals surface area (Å²) in [5, 5.41) is 4.68. The van der Waals surface area contributed by atoms with E-state index in [1.165, 1.54) is 0 Å². The zero-order valence-electron chi connectivity index (χ0n) is 23.2. The molecule has 7 rings (SSSR count). The second-order valence-electron chi connectivity index (χ2n) is 11.0. The summed E-state index contributed by atoms with van der Waals surface area (Å²) >= 11 is 0. The Bertz CT molecular complexity index is 1830. The highest BCUT2D eigenvalue weighted by molar-refractivity contribution is 7.85. The molecule has 0 N–H and O–H groups in total. The molecule has 1 heterocycles. The summed E-state index contributed by atoms with van der Waals surface area (Å²) < 4.78 is 36.8. The first-order valence-electron chi connectivity index (χ1n) is 14.1. The van der Waals surface area contributed by atoms with Gasteiger partial charge in [-0.2, -0.15) is 0 Å². The third-order valence-corrected chi connectivity index (χ3v) is 14.6. The van der Waals surface area contributed by atoms with Gasteiger partial charge < -0.3 is 13.9 Å². The van der Waals surface area contributed by atoms with Crippen LogP contribution in [0.5, 0.6) is 5.75 Å². The Morgan fingerprint density at radius 1 is 0.571 bits per heavy atom. The summed E-state index contributed by atoms with van der Waals surface area (Å²) in [6.45, 7) is 2.13. The lowest BCUT2D eigenvalue weighted by molar-refractivity contribution is 0.227. The fraction of sp³-hybridized carbons (Fsp3) is 0.0811. The van der Waals surface area contributed by atoms with Crippen molar-refractivity contribution in [2.24, 2.45) is 0 Å². The van der Waals surface area contributed by atoms with E-state index in [1.54, 1.807) is 0 Å². The summed E-state index contributed by atoms with van der Waals surface area (Å²) in [6.07, 6.45) is 5.86. The summed E-state index contributed by atoms with van der Waals surface area (Å²) in [6, 6.07) is 44.8. The Morgan fingerprint density at radius 3 is 1.50 bits per heavy atom. The van der Waals surface area contributed by atoms with Gasteiger partial charge >= 0.3 is 0 Å². The Labute approximate surface area is 247 Å². The number of rotatable bonds is 6. The highest BCUT2D eigenvalue weighted by Gasteiger charge is 2.47. The van der Waals surface area contributed by atoms with Crippen molar-refractivity contribution in [1.29, 1.82) is 0 Å². The molecule has 2 atom stereocenters. The molecule has 2 unspecified atom stereocenters. The monoisotopic (exact) mass is 584 g/mol. The average Bonchev–Trinajstić information content (AvgIpc) is 3.36. The molecule has 1 aliphatic carbocycles. The van der Waals surface area contributed by atoms with E-state index >= 15 is 9.13 Å². The van der Waals surface area contributed by atoms with Gasteiger partial charge in [-0.05, 0) is 31.2 Å². The number of hydrogen-bond donors (Lipinski definition) is 0. The van der Waals surface area contributed by atoms with E-state index in [2.05, 4.69) is 19.1 Å². The van der Waals surface area contributed by atoms with Crippen molar-refractivity contribution in [3.05, 3.63) is 169 Å². The molecule has 206 valence electrons. The first-order chi connectivity index (χ1) is 20.4. The van der Waals surface area contributed by atoms with Crippen LogP contribution in [-0.2, 0) is 14.5 Å². The van der Waals surface area contributed by atoms with E-state index < -0.39 is 19.7 Å². The molecular formula is C37H30O3P2. The van der Waals surface area contributed by atoms with Crippen molar-refractivity contribution in [2.45, 2.75) is 18.4 Å². The van der Waals surface area contributed by atoms with Crippen molar-refractivity contribution in [3.63, 3.8) is 0 Å². The molecule has 3 nitrogen and oxygen atoms in total. The zero-order chi connectivity index (χ0) is 28.8. The van der Waals surface area contributed by atoms with Crippen LogP contribution in [0.15, 0.2) is 163 Å². The van der Waals surface area contributed by atoms with Gasteiger partial charge in [0.15, 0.2) is 14.3 Å². The van der Waals surface area contributed by atoms with Gasteiger partial charge in [0.1, 0.15) is 11.9 Å². The third-order valence-electron chi connectivity index (χ3n) is 8.48. The van der Waals surface area contributed by atoms with Gasteiger partial charge in [-0.3, -0.25) is 0 Å². The molecule has 0 fully saturated rings. The highest BCUT2D eigenvalue weighted by atomic mass is 31.2. The van der Waals surface area contributed by atoms with Crippen molar-refractivity contribution in [1.82, 2.24) is 0 Å². The maximum absolute atomic E-state index is 15.2. The molecule has 5 heteroatoms. The summed E-state index contributed by atoms with van der Waals surface area (Å²) in [4.78, 5) is 0. The van der Waals surface area contributed by atoms with Gasteiger partial charge in [-0.15, -0.1) is 0 Å². The van der Waals surface area contributed by atoms with E-state index in [9.17, 15) is 0 Å². The standard InChI is InChI=1S/C37H30O3P2/c1-37-27-33(42(39,30-18-10-4-11-19-30)31-20-12-5-13-21-31)23-25-36(37)40-35-24-22-32(26-34(35)37)41(38,28-14-6-2-7-15-28)29-16-8-3-9-17-29/h2-27,36H,1H3. The van der Waals surface area contributed by atoms with Crippen molar-refractivity contribution >= 4 is 40.8 Å². The molecule has 0 bridgehead atoms. The Hall–Kier alpha value is -4.16. The fourth-order valence-corrected chi connectivity index (χ4v) is 11.7. The van der Waals surface area contributed by atoms with E-state index in [4.69, 9.17) is 4.74 Å². The van der Waals surface area contributed by atoms with Crippen LogP contribution in [0, 0.1) is 0 Å². The molecule has 0 radical (unpaired) electrons. The average molecular weight is 585 g/mol. The minimum absolute atomic E-state index is 0.265. The number of benzene rings is 5. The Balaban J connectivity index is 1.41. The van der Waals surface area contributed by atoms with Crippen LogP contribution < -0.4 is 31.3 Å². The molecular weight excluding hydrogens is 554 g/mol. The number of fused-ring (bicyclic) bond motifs is 3. The van der Waals surface area contributed by atoms with Gasteiger partial charge in [0.05, 0.1) is 5.41 Å². The van der Waals surface area contributed by atoms with E-state index in [0.29, 0.717) is 0 Å². The fourth-order valence-electron chi connectivity index (χ4n) is 6.23. The van der Waals surface area contributed by atoms with Crippen molar-refractivity contribution < 1.29 is 13.9 Å².